The molecular weight excluding hydrogens is 425 g/mol. The highest BCUT2D eigenvalue weighted by Crippen LogP contribution is 2.24. The number of aryl methyl sites for hydroxylation is 1. The van der Waals surface area contributed by atoms with Gasteiger partial charge in [-0.15, -0.1) is 0 Å². The average Bonchev–Trinajstić information content (AvgIpc) is 2.80. The van der Waals surface area contributed by atoms with E-state index < -0.39 is 0 Å². The highest BCUT2D eigenvalue weighted by Gasteiger charge is 2.21. The van der Waals surface area contributed by atoms with Gasteiger partial charge in [0.25, 0.3) is 5.56 Å². The van der Waals surface area contributed by atoms with E-state index in [0.29, 0.717) is 35.8 Å². The van der Waals surface area contributed by atoms with Gasteiger partial charge in [0, 0.05) is 31.3 Å². The highest BCUT2D eigenvalue weighted by molar-refractivity contribution is 8.00. The molecule has 0 bridgehead atoms. The molecule has 0 fully saturated rings. The van der Waals surface area contributed by atoms with Gasteiger partial charge < -0.3 is 5.32 Å². The van der Waals surface area contributed by atoms with Crippen LogP contribution in [0.2, 0.25) is 0 Å². The van der Waals surface area contributed by atoms with Crippen molar-refractivity contribution in [1.82, 2.24) is 14.9 Å². The average molecular weight is 454 g/mol. The first kappa shape index (κ1) is 23.7. The van der Waals surface area contributed by atoms with E-state index in [0.717, 1.165) is 12.0 Å². The number of benzene rings is 2. The summed E-state index contributed by atoms with van der Waals surface area (Å²) >= 11 is 1.31. The number of halogens is 1. The molecule has 0 aliphatic carbocycles. The molecule has 2 aromatic carbocycles. The van der Waals surface area contributed by atoms with Gasteiger partial charge in [-0.05, 0) is 43.0 Å². The van der Waals surface area contributed by atoms with Crippen molar-refractivity contribution in [2.45, 2.75) is 43.5 Å². The van der Waals surface area contributed by atoms with Crippen LogP contribution in [0.25, 0.3) is 0 Å². The number of aromatic nitrogens is 2. The molecule has 1 atom stereocenters. The molecule has 168 valence electrons. The van der Waals surface area contributed by atoms with Crippen molar-refractivity contribution >= 4 is 17.7 Å². The SMILES string of the molecule is CCC(Sc1nc(C)c(Cc2ccc(F)cc2)c(=O)n1C)C(=O)NCCc1ccccc1. The Bertz CT molecular complexity index is 1110. The second kappa shape index (κ2) is 11.1. The first-order valence-electron chi connectivity index (χ1n) is 10.7. The minimum absolute atomic E-state index is 0.0595. The van der Waals surface area contributed by atoms with E-state index in [9.17, 15) is 14.0 Å². The summed E-state index contributed by atoms with van der Waals surface area (Å²) in [4.78, 5) is 30.3. The second-order valence-electron chi connectivity index (χ2n) is 7.67. The smallest absolute Gasteiger partial charge is 0.257 e. The summed E-state index contributed by atoms with van der Waals surface area (Å²) in [6.45, 7) is 4.30. The first-order chi connectivity index (χ1) is 15.4. The van der Waals surface area contributed by atoms with Crippen molar-refractivity contribution in [2.75, 3.05) is 6.54 Å². The number of carbonyl (C=O) groups is 1. The molecule has 5 nitrogen and oxygen atoms in total. The molecule has 0 saturated carbocycles. The number of carbonyl (C=O) groups excluding carboxylic acids is 1. The Morgan fingerprint density at radius 3 is 2.47 bits per heavy atom. The zero-order valence-electron chi connectivity index (χ0n) is 18.6. The van der Waals surface area contributed by atoms with Crippen LogP contribution in [0.1, 0.15) is 35.7 Å². The molecule has 1 heterocycles. The number of amides is 1. The molecule has 0 aliphatic rings. The molecule has 0 aliphatic heterocycles. The monoisotopic (exact) mass is 453 g/mol. The lowest BCUT2D eigenvalue weighted by molar-refractivity contribution is -0.120. The Hall–Kier alpha value is -2.93. The van der Waals surface area contributed by atoms with Crippen molar-refractivity contribution < 1.29 is 9.18 Å². The van der Waals surface area contributed by atoms with E-state index in [1.807, 2.05) is 37.3 Å². The van der Waals surface area contributed by atoms with Crippen LogP contribution >= 0.6 is 11.8 Å². The lowest BCUT2D eigenvalue weighted by Gasteiger charge is -2.17. The van der Waals surface area contributed by atoms with Gasteiger partial charge in [-0.3, -0.25) is 14.2 Å². The molecule has 0 spiro atoms. The summed E-state index contributed by atoms with van der Waals surface area (Å²) < 4.78 is 14.7. The predicted octanol–water partition coefficient (Wildman–Crippen LogP) is 4.05. The van der Waals surface area contributed by atoms with Crippen molar-refractivity contribution in [3.63, 3.8) is 0 Å². The quantitative estimate of drug-likeness (QED) is 0.392. The van der Waals surface area contributed by atoms with Crippen LogP contribution in [0.15, 0.2) is 64.5 Å². The van der Waals surface area contributed by atoms with Gasteiger partial charge in [0.05, 0.1) is 5.25 Å². The van der Waals surface area contributed by atoms with E-state index in [1.54, 1.807) is 26.1 Å². The summed E-state index contributed by atoms with van der Waals surface area (Å²) in [5.41, 5.74) is 3.06. The Balaban J connectivity index is 1.68. The third-order valence-corrected chi connectivity index (χ3v) is 6.72. The van der Waals surface area contributed by atoms with Crippen molar-refractivity contribution in [1.29, 1.82) is 0 Å². The highest BCUT2D eigenvalue weighted by atomic mass is 32.2. The van der Waals surface area contributed by atoms with E-state index in [2.05, 4.69) is 10.3 Å². The zero-order chi connectivity index (χ0) is 23.1. The molecule has 1 aromatic heterocycles. The number of rotatable bonds is 9. The Morgan fingerprint density at radius 1 is 1.12 bits per heavy atom. The summed E-state index contributed by atoms with van der Waals surface area (Å²) in [5.74, 6) is -0.369. The van der Waals surface area contributed by atoms with Crippen molar-refractivity contribution in [2.24, 2.45) is 7.05 Å². The van der Waals surface area contributed by atoms with Gasteiger partial charge in [0.1, 0.15) is 5.82 Å². The van der Waals surface area contributed by atoms with Crippen LogP contribution in [0, 0.1) is 12.7 Å². The molecule has 0 radical (unpaired) electrons. The van der Waals surface area contributed by atoms with Crippen LogP contribution in [0.3, 0.4) is 0 Å². The van der Waals surface area contributed by atoms with Crippen molar-refractivity contribution in [3.8, 4) is 0 Å². The summed E-state index contributed by atoms with van der Waals surface area (Å²) in [5, 5.41) is 3.17. The zero-order valence-corrected chi connectivity index (χ0v) is 19.4. The lowest BCUT2D eigenvalue weighted by Crippen LogP contribution is -2.34. The van der Waals surface area contributed by atoms with Crippen molar-refractivity contribution in [3.05, 3.63) is 93.2 Å². The van der Waals surface area contributed by atoms with E-state index >= 15 is 0 Å². The van der Waals surface area contributed by atoms with Gasteiger partial charge in [-0.25, -0.2) is 9.37 Å². The Labute approximate surface area is 192 Å². The molecule has 1 unspecified atom stereocenters. The minimum atomic E-state index is -0.341. The summed E-state index contributed by atoms with van der Waals surface area (Å²) in [6, 6.07) is 16.1. The molecule has 1 amide bonds. The third-order valence-electron chi connectivity index (χ3n) is 5.31. The maximum atomic E-state index is 13.2. The van der Waals surface area contributed by atoms with Gasteiger partial charge in [-0.1, -0.05) is 61.2 Å². The van der Waals surface area contributed by atoms with E-state index in [4.69, 9.17) is 0 Å². The van der Waals surface area contributed by atoms with Gasteiger partial charge in [-0.2, -0.15) is 0 Å². The molecule has 0 saturated heterocycles. The van der Waals surface area contributed by atoms with Gasteiger partial charge in [0.15, 0.2) is 5.16 Å². The largest absolute Gasteiger partial charge is 0.355 e. The molecule has 1 N–H and O–H groups in total. The number of hydrogen-bond acceptors (Lipinski definition) is 4. The molecular formula is C25H28FN3O2S. The molecule has 3 rings (SSSR count). The van der Waals surface area contributed by atoms with Crippen LogP contribution in [0.4, 0.5) is 4.39 Å². The fourth-order valence-electron chi connectivity index (χ4n) is 3.38. The minimum Gasteiger partial charge on any atom is -0.355 e. The van der Waals surface area contributed by atoms with Crippen LogP contribution in [-0.2, 0) is 24.7 Å². The fraction of sp³-hybridized carbons (Fsp3) is 0.320. The van der Waals surface area contributed by atoms with Crippen LogP contribution in [-0.4, -0.2) is 27.3 Å². The maximum absolute atomic E-state index is 13.2. The Morgan fingerprint density at radius 2 is 1.81 bits per heavy atom. The fourth-order valence-corrected chi connectivity index (χ4v) is 4.43. The third kappa shape index (κ3) is 6.07. The topological polar surface area (TPSA) is 64.0 Å². The molecule has 7 heteroatoms. The summed E-state index contributed by atoms with van der Waals surface area (Å²) in [7, 11) is 1.67. The standard InChI is InChI=1S/C25H28FN3O2S/c1-4-22(23(30)27-15-14-18-8-6-5-7-9-18)32-25-28-17(2)21(24(31)29(25)3)16-19-10-12-20(26)13-11-19/h5-13,22H,4,14-16H2,1-3H3,(H,27,30). The van der Waals surface area contributed by atoms with Gasteiger partial charge in [0.2, 0.25) is 5.91 Å². The molecule has 3 aromatic rings. The second-order valence-corrected chi connectivity index (χ2v) is 8.84. The van der Waals surface area contributed by atoms with E-state index in [1.165, 1.54) is 34.0 Å². The number of nitrogens with one attached hydrogen (secondary N) is 1. The summed E-state index contributed by atoms with van der Waals surface area (Å²) in [6.07, 6.45) is 1.77. The first-order valence-corrected chi connectivity index (χ1v) is 11.6. The lowest BCUT2D eigenvalue weighted by atomic mass is 10.1. The maximum Gasteiger partial charge on any atom is 0.257 e. The normalized spacial score (nSPS) is 11.9. The number of thioether (sulfide) groups is 1. The Kier molecular flexibility index (Phi) is 8.22. The predicted molar refractivity (Wildman–Crippen MR) is 127 cm³/mol. The number of nitrogens with zero attached hydrogens (tertiary/aromatic N) is 2. The molecule has 32 heavy (non-hydrogen) atoms. The van der Waals surface area contributed by atoms with Gasteiger partial charge >= 0.3 is 0 Å². The number of hydrogen-bond donors (Lipinski definition) is 1. The van der Waals surface area contributed by atoms with E-state index in [-0.39, 0.29) is 22.5 Å². The van der Waals surface area contributed by atoms with Crippen LogP contribution in [0.5, 0.6) is 0 Å². The van der Waals surface area contributed by atoms with Crippen LogP contribution < -0.4 is 10.9 Å².